The van der Waals surface area contributed by atoms with Crippen molar-refractivity contribution in [3.05, 3.63) is 74.9 Å². The normalized spacial score (nSPS) is 16.9. The van der Waals surface area contributed by atoms with Crippen LogP contribution < -0.4 is 16.0 Å². The molecule has 2 aromatic rings. The number of nitrogens with one attached hydrogen (secondary N) is 3. The first-order chi connectivity index (χ1) is 11.9. The predicted octanol–water partition coefficient (Wildman–Crippen LogP) is 4.37. The van der Waals surface area contributed by atoms with E-state index in [4.69, 9.17) is 11.6 Å². The molecule has 0 aliphatic carbocycles. The Kier molecular flexibility index (Phi) is 5.11. The maximum Gasteiger partial charge on any atom is 0.319 e. The van der Waals surface area contributed by atoms with Gasteiger partial charge in [-0.1, -0.05) is 39.7 Å². The third-order valence-electron chi connectivity index (χ3n) is 3.82. The Hall–Kier alpha value is -2.31. The summed E-state index contributed by atoms with van der Waals surface area (Å²) in [5.74, 6) is -0.285. The van der Waals surface area contributed by atoms with Crippen LogP contribution in [0.2, 0.25) is 5.02 Å². The van der Waals surface area contributed by atoms with Crippen molar-refractivity contribution in [1.82, 2.24) is 10.6 Å². The molecule has 0 saturated carbocycles. The summed E-state index contributed by atoms with van der Waals surface area (Å²) < 4.78 is 0.923. The fourth-order valence-electron chi connectivity index (χ4n) is 2.63. The Balaban J connectivity index is 1.92. The molecule has 0 radical (unpaired) electrons. The van der Waals surface area contributed by atoms with Gasteiger partial charge in [0.05, 0.1) is 11.6 Å². The van der Waals surface area contributed by atoms with Crippen molar-refractivity contribution in [1.29, 1.82) is 0 Å². The van der Waals surface area contributed by atoms with Crippen LogP contribution in [0.3, 0.4) is 0 Å². The molecule has 1 heterocycles. The number of hydrogen-bond donors (Lipinski definition) is 3. The van der Waals surface area contributed by atoms with E-state index in [1.807, 2.05) is 12.1 Å². The molecular formula is C18H15BrClN3O2. The van der Waals surface area contributed by atoms with Gasteiger partial charge in [0.1, 0.15) is 0 Å². The molecule has 2 aromatic carbocycles. The minimum Gasteiger partial charge on any atom is -0.327 e. The van der Waals surface area contributed by atoms with Gasteiger partial charge in [0, 0.05) is 20.9 Å². The predicted molar refractivity (Wildman–Crippen MR) is 101 cm³/mol. The van der Waals surface area contributed by atoms with Crippen molar-refractivity contribution in [2.24, 2.45) is 0 Å². The number of amides is 3. The van der Waals surface area contributed by atoms with E-state index in [-0.39, 0.29) is 11.9 Å². The van der Waals surface area contributed by atoms with Crippen LogP contribution >= 0.6 is 27.5 Å². The molecule has 1 aliphatic rings. The van der Waals surface area contributed by atoms with Crippen molar-refractivity contribution in [2.45, 2.75) is 13.0 Å². The van der Waals surface area contributed by atoms with E-state index in [9.17, 15) is 9.59 Å². The lowest BCUT2D eigenvalue weighted by Crippen LogP contribution is -2.45. The Morgan fingerprint density at radius 1 is 1.12 bits per heavy atom. The maximum atomic E-state index is 12.8. The first-order valence-corrected chi connectivity index (χ1v) is 8.72. The lowest BCUT2D eigenvalue weighted by molar-refractivity contribution is -0.113. The Morgan fingerprint density at radius 3 is 2.40 bits per heavy atom. The number of rotatable bonds is 3. The van der Waals surface area contributed by atoms with Crippen LogP contribution in [0.25, 0.3) is 0 Å². The van der Waals surface area contributed by atoms with Crippen molar-refractivity contribution in [3.8, 4) is 0 Å². The van der Waals surface area contributed by atoms with Crippen LogP contribution in [-0.4, -0.2) is 11.9 Å². The highest BCUT2D eigenvalue weighted by Crippen LogP contribution is 2.28. The quantitative estimate of drug-likeness (QED) is 0.690. The van der Waals surface area contributed by atoms with Gasteiger partial charge in [-0.3, -0.25) is 4.79 Å². The standard InChI is InChI=1S/C18H15BrClN3O2/c1-10-15(17(24)22-14-8-4-12(19)5-9-14)16(23-18(25)21-10)11-2-6-13(20)7-3-11/h2-9,16H,1H3,(H,22,24)(H2,21,23,25)/t16-/m0/s1. The van der Waals surface area contributed by atoms with Crippen molar-refractivity contribution >= 4 is 45.2 Å². The molecule has 3 amide bonds. The third kappa shape index (κ3) is 4.03. The monoisotopic (exact) mass is 419 g/mol. The van der Waals surface area contributed by atoms with Crippen LogP contribution in [0.15, 0.2) is 64.3 Å². The SMILES string of the molecule is CC1=C(C(=O)Nc2ccc(Br)cc2)[C@H](c2ccc(Cl)cc2)NC(=O)N1. The van der Waals surface area contributed by atoms with Gasteiger partial charge in [-0.2, -0.15) is 0 Å². The highest BCUT2D eigenvalue weighted by atomic mass is 79.9. The number of carbonyl (C=O) groups excluding carboxylic acids is 2. The largest absolute Gasteiger partial charge is 0.327 e. The molecule has 0 unspecified atom stereocenters. The zero-order chi connectivity index (χ0) is 18.0. The topological polar surface area (TPSA) is 70.2 Å². The summed E-state index contributed by atoms with van der Waals surface area (Å²) in [6.07, 6.45) is 0. The number of anilines is 1. The molecule has 25 heavy (non-hydrogen) atoms. The zero-order valence-electron chi connectivity index (χ0n) is 13.3. The number of hydrogen-bond acceptors (Lipinski definition) is 2. The molecule has 1 aliphatic heterocycles. The van der Waals surface area contributed by atoms with Gasteiger partial charge in [-0.05, 0) is 48.9 Å². The van der Waals surface area contributed by atoms with Gasteiger partial charge in [0.25, 0.3) is 5.91 Å². The average molecular weight is 421 g/mol. The summed E-state index contributed by atoms with van der Waals surface area (Å²) >= 11 is 9.29. The molecule has 3 N–H and O–H groups in total. The molecule has 0 fully saturated rings. The van der Waals surface area contributed by atoms with Crippen LogP contribution in [-0.2, 0) is 4.79 Å². The van der Waals surface area contributed by atoms with E-state index < -0.39 is 6.04 Å². The zero-order valence-corrected chi connectivity index (χ0v) is 15.6. The number of allylic oxidation sites excluding steroid dienone is 1. The Bertz CT molecular complexity index is 848. The molecule has 0 aromatic heterocycles. The molecule has 7 heteroatoms. The first-order valence-electron chi connectivity index (χ1n) is 7.54. The van der Waals surface area contributed by atoms with Crippen LogP contribution in [0.1, 0.15) is 18.5 Å². The first kappa shape index (κ1) is 17.5. The van der Waals surface area contributed by atoms with Gasteiger partial charge >= 0.3 is 6.03 Å². The summed E-state index contributed by atoms with van der Waals surface area (Å²) in [6, 6.07) is 13.4. The molecule has 1 atom stereocenters. The summed E-state index contributed by atoms with van der Waals surface area (Å²) in [7, 11) is 0. The van der Waals surface area contributed by atoms with E-state index in [2.05, 4.69) is 31.9 Å². The molecule has 0 spiro atoms. The molecule has 5 nitrogen and oxygen atoms in total. The molecule has 128 valence electrons. The van der Waals surface area contributed by atoms with E-state index in [1.165, 1.54) is 0 Å². The van der Waals surface area contributed by atoms with Gasteiger partial charge < -0.3 is 16.0 Å². The number of benzene rings is 2. The van der Waals surface area contributed by atoms with Gasteiger partial charge in [-0.25, -0.2) is 4.79 Å². The number of urea groups is 1. The summed E-state index contributed by atoms with van der Waals surface area (Å²) in [4.78, 5) is 24.7. The van der Waals surface area contributed by atoms with Gasteiger partial charge in [0.2, 0.25) is 0 Å². The highest BCUT2D eigenvalue weighted by Gasteiger charge is 2.31. The average Bonchev–Trinajstić information content (AvgIpc) is 2.57. The minimum atomic E-state index is -0.554. The summed E-state index contributed by atoms with van der Waals surface area (Å²) in [6.45, 7) is 1.71. The van der Waals surface area contributed by atoms with Crippen molar-refractivity contribution < 1.29 is 9.59 Å². The van der Waals surface area contributed by atoms with Gasteiger partial charge in [0.15, 0.2) is 0 Å². The summed E-state index contributed by atoms with van der Waals surface area (Å²) in [5.41, 5.74) is 2.41. The molecule has 3 rings (SSSR count). The Labute approximate surface area is 158 Å². The van der Waals surface area contributed by atoms with Gasteiger partial charge in [-0.15, -0.1) is 0 Å². The second-order valence-corrected chi connectivity index (χ2v) is 6.93. The van der Waals surface area contributed by atoms with Crippen LogP contribution in [0.5, 0.6) is 0 Å². The number of carbonyl (C=O) groups is 2. The van der Waals surface area contributed by atoms with Crippen molar-refractivity contribution in [3.63, 3.8) is 0 Å². The molecule has 0 saturated heterocycles. The van der Waals surface area contributed by atoms with E-state index in [0.29, 0.717) is 22.0 Å². The van der Waals surface area contributed by atoms with E-state index >= 15 is 0 Å². The number of halogens is 2. The molecule has 0 bridgehead atoms. The van der Waals surface area contributed by atoms with Crippen molar-refractivity contribution in [2.75, 3.05) is 5.32 Å². The van der Waals surface area contributed by atoms with Crippen LogP contribution in [0.4, 0.5) is 10.5 Å². The lowest BCUT2D eigenvalue weighted by Gasteiger charge is -2.28. The second-order valence-electron chi connectivity index (χ2n) is 5.58. The highest BCUT2D eigenvalue weighted by molar-refractivity contribution is 9.10. The molecular weight excluding hydrogens is 406 g/mol. The van der Waals surface area contributed by atoms with Crippen LogP contribution in [0, 0.1) is 0 Å². The lowest BCUT2D eigenvalue weighted by atomic mass is 9.95. The van der Waals surface area contributed by atoms with E-state index in [1.54, 1.807) is 43.3 Å². The summed E-state index contributed by atoms with van der Waals surface area (Å²) in [5, 5.41) is 8.89. The third-order valence-corrected chi connectivity index (χ3v) is 4.60. The second kappa shape index (κ2) is 7.29. The Morgan fingerprint density at radius 2 is 1.76 bits per heavy atom. The fourth-order valence-corrected chi connectivity index (χ4v) is 3.02. The minimum absolute atomic E-state index is 0.285. The van der Waals surface area contributed by atoms with E-state index in [0.717, 1.165) is 10.0 Å². The fraction of sp³-hybridized carbons (Fsp3) is 0.111. The smallest absolute Gasteiger partial charge is 0.319 e. The maximum absolute atomic E-state index is 12.8.